The summed E-state index contributed by atoms with van der Waals surface area (Å²) in [6.07, 6.45) is 0. The first-order valence-corrected chi connectivity index (χ1v) is 4.75. The average molecular weight is 218 g/mol. The van der Waals surface area contributed by atoms with Gasteiger partial charge in [-0.25, -0.2) is 0 Å². The van der Waals surface area contributed by atoms with Crippen molar-refractivity contribution < 1.29 is 4.79 Å². The third kappa shape index (κ3) is 3.25. The van der Waals surface area contributed by atoms with Gasteiger partial charge in [-0.2, -0.15) is 0 Å². The Labute approximate surface area is 86.8 Å². The second-order valence-corrected chi connectivity index (χ2v) is 3.18. The zero-order valence-electron chi connectivity index (χ0n) is 6.84. The fraction of sp³-hybridized carbons (Fsp3) is 0.222. The van der Waals surface area contributed by atoms with E-state index < -0.39 is 5.50 Å². The summed E-state index contributed by atoms with van der Waals surface area (Å²) in [6.45, 7) is 0. The molecule has 0 aliphatic heterocycles. The van der Waals surface area contributed by atoms with Gasteiger partial charge in [0.2, 0.25) is 5.91 Å². The lowest BCUT2D eigenvalue weighted by Crippen LogP contribution is -2.26. The first kappa shape index (κ1) is 10.4. The van der Waals surface area contributed by atoms with Crippen LogP contribution in [0.25, 0.3) is 0 Å². The third-order valence-electron chi connectivity index (χ3n) is 1.50. The molecule has 1 atom stereocenters. The van der Waals surface area contributed by atoms with Crippen LogP contribution < -0.4 is 5.32 Å². The fourth-order valence-electron chi connectivity index (χ4n) is 0.885. The fourth-order valence-corrected chi connectivity index (χ4v) is 1.23. The van der Waals surface area contributed by atoms with Gasteiger partial charge in [0.05, 0.1) is 0 Å². The van der Waals surface area contributed by atoms with Crippen LogP contribution in [-0.4, -0.2) is 11.8 Å². The summed E-state index contributed by atoms with van der Waals surface area (Å²) in [5.74, 6) is -0.346. The summed E-state index contributed by atoms with van der Waals surface area (Å²) < 4.78 is 0. The minimum atomic E-state index is -0.507. The Hall–Kier alpha value is -0.730. The molecular formula is C9H9Cl2NO. The quantitative estimate of drug-likeness (QED) is 0.611. The Morgan fingerprint density at radius 2 is 2.00 bits per heavy atom. The van der Waals surface area contributed by atoms with Crippen LogP contribution in [0.2, 0.25) is 0 Å². The van der Waals surface area contributed by atoms with Crippen molar-refractivity contribution >= 4 is 29.1 Å². The van der Waals surface area contributed by atoms with E-state index in [9.17, 15) is 4.79 Å². The molecule has 2 nitrogen and oxygen atoms in total. The van der Waals surface area contributed by atoms with Crippen LogP contribution in [0.1, 0.15) is 11.1 Å². The predicted octanol–water partition coefficient (Wildman–Crippen LogP) is 2.28. The molecule has 0 heterocycles. The van der Waals surface area contributed by atoms with Crippen LogP contribution in [0.3, 0.4) is 0 Å². The number of nitrogens with one attached hydrogen (secondary N) is 1. The lowest BCUT2D eigenvalue weighted by molar-refractivity contribution is -0.118. The summed E-state index contributed by atoms with van der Waals surface area (Å²) in [5, 5.41) is 2.54. The van der Waals surface area contributed by atoms with E-state index in [0.717, 1.165) is 5.56 Å². The second kappa shape index (κ2) is 5.10. The molecule has 1 N–H and O–H groups in total. The van der Waals surface area contributed by atoms with Crippen molar-refractivity contribution in [3.63, 3.8) is 0 Å². The van der Waals surface area contributed by atoms with Gasteiger partial charge in [0.15, 0.2) is 0 Å². The van der Waals surface area contributed by atoms with Gasteiger partial charge >= 0.3 is 0 Å². The molecule has 1 rings (SSSR count). The number of rotatable bonds is 3. The number of hydrogen-bond donors (Lipinski definition) is 1. The minimum absolute atomic E-state index is 0.0734. The SMILES string of the molecule is O=C(CCl)NC(Cl)c1ccccc1. The summed E-state index contributed by atoms with van der Waals surface area (Å²) in [7, 11) is 0. The van der Waals surface area contributed by atoms with Crippen LogP contribution in [0.15, 0.2) is 30.3 Å². The minimum Gasteiger partial charge on any atom is -0.335 e. The molecule has 0 aliphatic rings. The Kier molecular flexibility index (Phi) is 4.06. The van der Waals surface area contributed by atoms with E-state index in [2.05, 4.69) is 5.32 Å². The Morgan fingerprint density at radius 3 is 2.54 bits per heavy atom. The third-order valence-corrected chi connectivity index (χ3v) is 2.11. The van der Waals surface area contributed by atoms with Gasteiger partial charge < -0.3 is 5.32 Å². The van der Waals surface area contributed by atoms with E-state index in [1.54, 1.807) is 0 Å². The molecule has 4 heteroatoms. The molecule has 1 unspecified atom stereocenters. The normalized spacial score (nSPS) is 12.2. The predicted molar refractivity (Wildman–Crippen MR) is 53.9 cm³/mol. The highest BCUT2D eigenvalue weighted by Crippen LogP contribution is 2.15. The highest BCUT2D eigenvalue weighted by Gasteiger charge is 2.09. The van der Waals surface area contributed by atoms with Crippen molar-refractivity contribution in [1.29, 1.82) is 0 Å². The van der Waals surface area contributed by atoms with Crippen LogP contribution >= 0.6 is 23.2 Å². The molecule has 0 bridgehead atoms. The van der Waals surface area contributed by atoms with Gasteiger partial charge in [0.1, 0.15) is 11.4 Å². The number of carbonyl (C=O) groups is 1. The van der Waals surface area contributed by atoms with Crippen molar-refractivity contribution in [1.82, 2.24) is 5.32 Å². The van der Waals surface area contributed by atoms with Gasteiger partial charge in [-0.3, -0.25) is 4.79 Å². The summed E-state index contributed by atoms with van der Waals surface area (Å²) >= 11 is 11.2. The van der Waals surface area contributed by atoms with Crippen molar-refractivity contribution in [3.05, 3.63) is 35.9 Å². The van der Waals surface area contributed by atoms with E-state index in [0.29, 0.717) is 0 Å². The van der Waals surface area contributed by atoms with E-state index in [1.165, 1.54) is 0 Å². The van der Waals surface area contributed by atoms with E-state index in [1.807, 2.05) is 30.3 Å². The molecule has 0 aromatic heterocycles. The van der Waals surface area contributed by atoms with Crippen LogP contribution in [0.4, 0.5) is 0 Å². The number of halogens is 2. The van der Waals surface area contributed by atoms with Gasteiger partial charge in [0.25, 0.3) is 0 Å². The zero-order valence-corrected chi connectivity index (χ0v) is 8.35. The number of hydrogen-bond acceptors (Lipinski definition) is 1. The maximum atomic E-state index is 10.9. The number of alkyl halides is 2. The second-order valence-electron chi connectivity index (χ2n) is 2.47. The molecule has 0 saturated carbocycles. The maximum Gasteiger partial charge on any atom is 0.236 e. The van der Waals surface area contributed by atoms with E-state index in [-0.39, 0.29) is 11.8 Å². The summed E-state index contributed by atoms with van der Waals surface area (Å²) in [6, 6.07) is 9.28. The largest absolute Gasteiger partial charge is 0.335 e. The first-order valence-electron chi connectivity index (χ1n) is 3.78. The van der Waals surface area contributed by atoms with Gasteiger partial charge in [-0.1, -0.05) is 41.9 Å². The number of benzene rings is 1. The van der Waals surface area contributed by atoms with Crippen LogP contribution in [0.5, 0.6) is 0 Å². The zero-order chi connectivity index (χ0) is 9.68. The molecule has 0 aliphatic carbocycles. The first-order chi connectivity index (χ1) is 6.24. The molecule has 0 spiro atoms. The monoisotopic (exact) mass is 217 g/mol. The van der Waals surface area contributed by atoms with Crippen molar-refractivity contribution in [2.24, 2.45) is 0 Å². The van der Waals surface area contributed by atoms with Gasteiger partial charge in [0, 0.05) is 0 Å². The highest BCUT2D eigenvalue weighted by molar-refractivity contribution is 6.28. The Balaban J connectivity index is 2.59. The van der Waals surface area contributed by atoms with Gasteiger partial charge in [-0.05, 0) is 5.56 Å². The van der Waals surface area contributed by atoms with Gasteiger partial charge in [-0.15, -0.1) is 11.6 Å². The topological polar surface area (TPSA) is 29.1 Å². The summed E-state index contributed by atoms with van der Waals surface area (Å²) in [5.41, 5.74) is 0.343. The lowest BCUT2D eigenvalue weighted by atomic mass is 10.2. The summed E-state index contributed by atoms with van der Waals surface area (Å²) in [4.78, 5) is 10.9. The lowest BCUT2D eigenvalue weighted by Gasteiger charge is -2.10. The van der Waals surface area contributed by atoms with Crippen molar-refractivity contribution in [2.45, 2.75) is 5.50 Å². The van der Waals surface area contributed by atoms with Crippen molar-refractivity contribution in [2.75, 3.05) is 5.88 Å². The standard InChI is InChI=1S/C9H9Cl2NO/c10-6-8(13)12-9(11)7-4-2-1-3-5-7/h1-5,9H,6H2,(H,12,13). The molecule has 0 fully saturated rings. The van der Waals surface area contributed by atoms with E-state index in [4.69, 9.17) is 23.2 Å². The number of amides is 1. The molecule has 13 heavy (non-hydrogen) atoms. The van der Waals surface area contributed by atoms with Crippen LogP contribution in [-0.2, 0) is 4.79 Å². The highest BCUT2D eigenvalue weighted by atomic mass is 35.5. The molecular weight excluding hydrogens is 209 g/mol. The molecule has 1 aromatic carbocycles. The smallest absolute Gasteiger partial charge is 0.236 e. The molecule has 1 amide bonds. The molecule has 0 saturated heterocycles. The number of carbonyl (C=O) groups excluding carboxylic acids is 1. The Bertz CT molecular complexity index is 276. The molecule has 0 radical (unpaired) electrons. The van der Waals surface area contributed by atoms with E-state index >= 15 is 0 Å². The molecule has 70 valence electrons. The average Bonchev–Trinajstić information content (AvgIpc) is 2.19. The van der Waals surface area contributed by atoms with Crippen molar-refractivity contribution in [3.8, 4) is 0 Å². The maximum absolute atomic E-state index is 10.9. The van der Waals surface area contributed by atoms with Crippen LogP contribution in [0, 0.1) is 0 Å². The Morgan fingerprint density at radius 1 is 1.38 bits per heavy atom. The molecule has 1 aromatic rings.